The third-order valence-electron chi connectivity index (χ3n) is 6.76. The minimum absolute atomic E-state index is 0.136. The number of amides is 3. The Balaban J connectivity index is 1.62. The lowest BCUT2D eigenvalue weighted by molar-refractivity contribution is 0.0356. The topological polar surface area (TPSA) is 119 Å². The zero-order valence-corrected chi connectivity index (χ0v) is 22.0. The van der Waals surface area contributed by atoms with Gasteiger partial charge in [0, 0.05) is 37.0 Å². The largest absolute Gasteiger partial charge is 0.472 e. The van der Waals surface area contributed by atoms with Crippen LogP contribution in [0.5, 0.6) is 5.88 Å². The molecule has 3 atom stereocenters. The zero-order chi connectivity index (χ0) is 28.1. The molecule has 1 aromatic heterocycles. The number of benzene rings is 2. The van der Waals surface area contributed by atoms with E-state index in [0.717, 1.165) is 5.56 Å². The summed E-state index contributed by atoms with van der Waals surface area (Å²) in [5, 5.41) is 21.7. The second-order valence-electron chi connectivity index (χ2n) is 9.71. The predicted octanol–water partition coefficient (Wildman–Crippen LogP) is 4.14. The van der Waals surface area contributed by atoms with E-state index in [4.69, 9.17) is 10.00 Å². The normalized spacial score (nSPS) is 17.6. The van der Waals surface area contributed by atoms with Crippen molar-refractivity contribution in [2.75, 3.05) is 32.1 Å². The van der Waals surface area contributed by atoms with Crippen LogP contribution in [0, 0.1) is 23.1 Å². The fraction of sp³-hybridized carbons (Fsp3) is 0.310. The second kappa shape index (κ2) is 11.9. The third-order valence-corrected chi connectivity index (χ3v) is 6.76. The predicted molar refractivity (Wildman–Crippen MR) is 144 cm³/mol. The number of nitrogens with zero attached hydrogens (tertiary/aromatic N) is 4. The fourth-order valence-electron chi connectivity index (χ4n) is 4.32. The summed E-state index contributed by atoms with van der Waals surface area (Å²) in [5.41, 5.74) is 2.67. The van der Waals surface area contributed by atoms with E-state index in [-0.39, 0.29) is 36.4 Å². The van der Waals surface area contributed by atoms with Crippen molar-refractivity contribution in [3.05, 3.63) is 77.7 Å². The van der Waals surface area contributed by atoms with Crippen LogP contribution in [-0.4, -0.2) is 70.7 Å². The van der Waals surface area contributed by atoms with Crippen molar-refractivity contribution in [2.24, 2.45) is 5.92 Å². The molecule has 0 saturated carbocycles. The summed E-state index contributed by atoms with van der Waals surface area (Å²) in [4.78, 5) is 34.0. The van der Waals surface area contributed by atoms with Gasteiger partial charge in [0.05, 0.1) is 30.8 Å². The minimum Gasteiger partial charge on any atom is -0.472 e. The molecule has 9 nitrogen and oxygen atoms in total. The van der Waals surface area contributed by atoms with E-state index < -0.39 is 24.0 Å². The zero-order valence-electron chi connectivity index (χ0n) is 22.0. The maximum atomic E-state index is 13.6. The van der Waals surface area contributed by atoms with Gasteiger partial charge in [-0.2, -0.15) is 5.26 Å². The highest BCUT2D eigenvalue weighted by molar-refractivity contribution is 5.98. The molecule has 2 heterocycles. The molecule has 1 aliphatic rings. The number of halogens is 1. The molecule has 0 fully saturated rings. The summed E-state index contributed by atoms with van der Waals surface area (Å²) in [6, 6.07) is 15.3. The SMILES string of the molecule is C[C@H](CO)N1C[C@H](C)[C@H](CN(C)C(=O)Nc2ccc(F)cc2)Oc2ncc(-c3ccc(C#N)cc3)cc2C1=O. The van der Waals surface area contributed by atoms with Crippen LogP contribution in [0.4, 0.5) is 14.9 Å². The summed E-state index contributed by atoms with van der Waals surface area (Å²) in [6.45, 7) is 3.93. The lowest BCUT2D eigenvalue weighted by Crippen LogP contribution is -2.50. The smallest absolute Gasteiger partial charge is 0.321 e. The Morgan fingerprint density at radius 3 is 2.59 bits per heavy atom. The molecule has 3 amide bonds. The van der Waals surface area contributed by atoms with E-state index in [2.05, 4.69) is 16.4 Å². The van der Waals surface area contributed by atoms with Crippen LogP contribution >= 0.6 is 0 Å². The van der Waals surface area contributed by atoms with Crippen molar-refractivity contribution in [2.45, 2.75) is 26.0 Å². The number of rotatable bonds is 6. The van der Waals surface area contributed by atoms with Crippen molar-refractivity contribution in [1.29, 1.82) is 5.26 Å². The van der Waals surface area contributed by atoms with Gasteiger partial charge in [-0.3, -0.25) is 4.79 Å². The quantitative estimate of drug-likeness (QED) is 0.494. The number of urea groups is 1. The van der Waals surface area contributed by atoms with Gasteiger partial charge in [0.15, 0.2) is 0 Å². The molecule has 0 radical (unpaired) electrons. The first-order valence-corrected chi connectivity index (χ1v) is 12.6. The summed E-state index contributed by atoms with van der Waals surface area (Å²) < 4.78 is 19.5. The molecule has 3 aromatic rings. The van der Waals surface area contributed by atoms with E-state index in [1.165, 1.54) is 29.2 Å². The van der Waals surface area contributed by atoms with E-state index in [9.17, 15) is 19.1 Å². The standard InChI is InChI=1S/C29H30FN5O4/c1-18-15-35(19(2)17-36)28(37)25-12-22(21-6-4-20(13-31)5-7-21)14-32-27(25)39-26(18)16-34(3)29(38)33-24-10-8-23(30)9-11-24/h4-12,14,18-19,26,36H,15-17H2,1-3H3,(H,33,38)/t18-,19+,26-/m0/s1. The third kappa shape index (κ3) is 6.33. The van der Waals surface area contributed by atoms with Gasteiger partial charge in [0.25, 0.3) is 5.91 Å². The Hall–Kier alpha value is -4.49. The van der Waals surface area contributed by atoms with Gasteiger partial charge in [-0.05, 0) is 55.0 Å². The molecule has 0 spiro atoms. The molecule has 4 rings (SSSR count). The van der Waals surface area contributed by atoms with Gasteiger partial charge in [0.1, 0.15) is 17.5 Å². The van der Waals surface area contributed by atoms with E-state index in [1.54, 1.807) is 55.4 Å². The van der Waals surface area contributed by atoms with Crippen molar-refractivity contribution in [1.82, 2.24) is 14.8 Å². The summed E-state index contributed by atoms with van der Waals surface area (Å²) in [6.07, 6.45) is 1.07. The number of hydrogen-bond donors (Lipinski definition) is 2. The van der Waals surface area contributed by atoms with Crippen LogP contribution < -0.4 is 10.1 Å². The number of aromatic nitrogens is 1. The Kier molecular flexibility index (Phi) is 8.42. The average molecular weight is 532 g/mol. The number of carbonyl (C=O) groups excluding carboxylic acids is 2. The first kappa shape index (κ1) is 27.5. The number of nitrogens with one attached hydrogen (secondary N) is 1. The number of aliphatic hydroxyl groups excluding tert-OH is 1. The molecule has 0 bridgehead atoms. The average Bonchev–Trinajstić information content (AvgIpc) is 2.95. The van der Waals surface area contributed by atoms with Crippen LogP contribution in [0.1, 0.15) is 29.8 Å². The number of anilines is 1. The summed E-state index contributed by atoms with van der Waals surface area (Å²) >= 11 is 0. The number of aliphatic hydroxyl groups is 1. The Bertz CT molecular complexity index is 1370. The van der Waals surface area contributed by atoms with Crippen molar-refractivity contribution < 1.29 is 23.8 Å². The minimum atomic E-state index is -0.525. The van der Waals surface area contributed by atoms with Crippen molar-refractivity contribution in [3.8, 4) is 23.1 Å². The molecule has 0 unspecified atom stereocenters. The number of carbonyl (C=O) groups is 2. The maximum Gasteiger partial charge on any atom is 0.321 e. The molecule has 39 heavy (non-hydrogen) atoms. The number of nitriles is 1. The molecule has 1 aliphatic heterocycles. The molecule has 10 heteroatoms. The molecular formula is C29H30FN5O4. The first-order chi connectivity index (χ1) is 18.7. The molecule has 0 aliphatic carbocycles. The number of hydrogen-bond acceptors (Lipinski definition) is 6. The highest BCUT2D eigenvalue weighted by Gasteiger charge is 2.34. The molecule has 2 aromatic carbocycles. The highest BCUT2D eigenvalue weighted by atomic mass is 19.1. The van der Waals surface area contributed by atoms with Crippen LogP contribution in [0.2, 0.25) is 0 Å². The van der Waals surface area contributed by atoms with E-state index in [1.807, 2.05) is 6.92 Å². The first-order valence-electron chi connectivity index (χ1n) is 12.6. The molecule has 0 saturated heterocycles. The van der Waals surface area contributed by atoms with E-state index >= 15 is 0 Å². The van der Waals surface area contributed by atoms with Crippen molar-refractivity contribution >= 4 is 17.6 Å². The summed E-state index contributed by atoms with van der Waals surface area (Å²) in [5.74, 6) is -0.793. The number of ether oxygens (including phenoxy) is 1. The van der Waals surface area contributed by atoms with Crippen LogP contribution in [0.25, 0.3) is 11.1 Å². The number of likely N-dealkylation sites (N-methyl/N-ethyl adjacent to an activating group) is 1. The Labute approximate surface area is 226 Å². The molecular weight excluding hydrogens is 501 g/mol. The fourth-order valence-corrected chi connectivity index (χ4v) is 4.32. The van der Waals surface area contributed by atoms with Gasteiger partial charge in [0.2, 0.25) is 5.88 Å². The van der Waals surface area contributed by atoms with Crippen molar-refractivity contribution in [3.63, 3.8) is 0 Å². The van der Waals surface area contributed by atoms with Gasteiger partial charge < -0.3 is 25.0 Å². The lowest BCUT2D eigenvalue weighted by atomic mass is 9.99. The van der Waals surface area contributed by atoms with Gasteiger partial charge in [-0.15, -0.1) is 0 Å². The molecule has 202 valence electrons. The monoisotopic (exact) mass is 531 g/mol. The lowest BCUT2D eigenvalue weighted by Gasteiger charge is -2.37. The van der Waals surface area contributed by atoms with Crippen LogP contribution in [0.3, 0.4) is 0 Å². The second-order valence-corrected chi connectivity index (χ2v) is 9.71. The number of fused-ring (bicyclic) bond motifs is 1. The van der Waals surface area contributed by atoms with Gasteiger partial charge >= 0.3 is 6.03 Å². The Morgan fingerprint density at radius 2 is 1.95 bits per heavy atom. The van der Waals surface area contributed by atoms with Crippen LogP contribution in [-0.2, 0) is 0 Å². The number of pyridine rings is 1. The van der Waals surface area contributed by atoms with Gasteiger partial charge in [-0.1, -0.05) is 19.1 Å². The van der Waals surface area contributed by atoms with Gasteiger partial charge in [-0.25, -0.2) is 14.2 Å². The maximum absolute atomic E-state index is 13.6. The Morgan fingerprint density at radius 1 is 1.26 bits per heavy atom. The van der Waals surface area contributed by atoms with Crippen LogP contribution in [0.15, 0.2) is 60.8 Å². The molecule has 2 N–H and O–H groups in total. The summed E-state index contributed by atoms with van der Waals surface area (Å²) in [7, 11) is 1.62. The van der Waals surface area contributed by atoms with E-state index in [0.29, 0.717) is 23.4 Å². The highest BCUT2D eigenvalue weighted by Crippen LogP contribution is 2.30.